The summed E-state index contributed by atoms with van der Waals surface area (Å²) in [6, 6.07) is 20.3. The Morgan fingerprint density at radius 1 is 1.06 bits per heavy atom. The number of nitrogens with one attached hydrogen (secondary N) is 1. The van der Waals surface area contributed by atoms with E-state index in [0.29, 0.717) is 12.3 Å². The second kappa shape index (κ2) is 8.82. The Balaban J connectivity index is 1.30. The number of benzene rings is 2. The first-order chi connectivity index (χ1) is 15.3. The molecule has 0 amide bonds. The average molecular weight is 411 g/mol. The second-order valence-electron chi connectivity index (χ2n) is 8.42. The molecule has 1 N–H and O–H groups in total. The number of fused-ring (bicyclic) bond motifs is 1. The minimum Gasteiger partial charge on any atom is -0.299 e. The predicted molar refractivity (Wildman–Crippen MR) is 123 cm³/mol. The van der Waals surface area contributed by atoms with Gasteiger partial charge in [-0.25, -0.2) is 0 Å². The van der Waals surface area contributed by atoms with Crippen LogP contribution >= 0.6 is 0 Å². The predicted octanol–water partition coefficient (Wildman–Crippen LogP) is 5.11. The second-order valence-corrected chi connectivity index (χ2v) is 8.42. The van der Waals surface area contributed by atoms with Gasteiger partial charge in [0, 0.05) is 48.4 Å². The number of hydrogen-bond acceptors (Lipinski definition) is 4. The number of aromatic amines is 1. The molecular weight excluding hydrogens is 384 g/mol. The van der Waals surface area contributed by atoms with Crippen LogP contribution in [0.2, 0.25) is 0 Å². The van der Waals surface area contributed by atoms with Crippen LogP contribution in [0, 0.1) is 5.92 Å². The summed E-state index contributed by atoms with van der Waals surface area (Å²) in [5.74, 6) is 0.625. The van der Waals surface area contributed by atoms with Crippen LogP contribution in [0.1, 0.15) is 35.2 Å². The molecule has 1 aliphatic heterocycles. The van der Waals surface area contributed by atoms with Gasteiger partial charge in [0.25, 0.3) is 0 Å². The Morgan fingerprint density at radius 3 is 2.74 bits per heavy atom. The first-order valence-corrected chi connectivity index (χ1v) is 10.9. The van der Waals surface area contributed by atoms with E-state index in [0.717, 1.165) is 60.2 Å². The molecule has 2 aromatic heterocycles. The van der Waals surface area contributed by atoms with E-state index in [1.807, 2.05) is 30.3 Å². The van der Waals surface area contributed by atoms with Crippen LogP contribution in [0.4, 0.5) is 0 Å². The number of rotatable bonds is 6. The highest BCUT2D eigenvalue weighted by Crippen LogP contribution is 2.28. The summed E-state index contributed by atoms with van der Waals surface area (Å²) < 4.78 is 0. The van der Waals surface area contributed by atoms with Crippen molar-refractivity contribution < 1.29 is 4.79 Å². The molecule has 5 heteroatoms. The van der Waals surface area contributed by atoms with E-state index in [9.17, 15) is 4.79 Å². The summed E-state index contributed by atoms with van der Waals surface area (Å²) >= 11 is 0. The lowest BCUT2D eigenvalue weighted by molar-refractivity contribution is 0.0913. The van der Waals surface area contributed by atoms with Crippen molar-refractivity contribution in [2.75, 3.05) is 13.1 Å². The van der Waals surface area contributed by atoms with Gasteiger partial charge < -0.3 is 0 Å². The standard InChI is InChI=1S/C26H26N4O/c31-25(15-20-7-4-14-30(18-20)17-19-5-2-1-3-6-19)22-8-9-24-23(16-22)26(29-28-24)21-10-12-27-13-11-21/h1-3,5-6,8-13,16,20H,4,7,14-15,17-18H2,(H,28,29)/t20-/m1/s1. The highest BCUT2D eigenvalue weighted by atomic mass is 16.1. The molecule has 4 aromatic rings. The number of ketones is 1. The van der Waals surface area contributed by atoms with Gasteiger partial charge in [0.1, 0.15) is 5.69 Å². The molecule has 2 aromatic carbocycles. The maximum Gasteiger partial charge on any atom is 0.163 e. The zero-order valence-electron chi connectivity index (χ0n) is 17.5. The van der Waals surface area contributed by atoms with Gasteiger partial charge in [0.05, 0.1) is 5.52 Å². The fourth-order valence-electron chi connectivity index (χ4n) is 4.60. The molecular formula is C26H26N4O. The highest BCUT2D eigenvalue weighted by molar-refractivity contribution is 6.02. The summed E-state index contributed by atoms with van der Waals surface area (Å²) in [4.78, 5) is 19.7. The molecule has 1 fully saturated rings. The first kappa shape index (κ1) is 19.6. The largest absolute Gasteiger partial charge is 0.299 e. The van der Waals surface area contributed by atoms with Crippen LogP contribution in [0.5, 0.6) is 0 Å². The van der Waals surface area contributed by atoms with Crippen molar-refractivity contribution in [2.24, 2.45) is 5.92 Å². The molecule has 0 bridgehead atoms. The van der Waals surface area contributed by atoms with Crippen LogP contribution in [0.15, 0.2) is 73.1 Å². The van der Waals surface area contributed by atoms with E-state index < -0.39 is 0 Å². The molecule has 0 radical (unpaired) electrons. The van der Waals surface area contributed by atoms with E-state index in [2.05, 4.69) is 50.4 Å². The number of nitrogens with zero attached hydrogens (tertiary/aromatic N) is 3. The molecule has 3 heterocycles. The van der Waals surface area contributed by atoms with E-state index in [1.165, 1.54) is 5.56 Å². The molecule has 0 spiro atoms. The van der Waals surface area contributed by atoms with Crippen molar-refractivity contribution in [3.8, 4) is 11.3 Å². The monoisotopic (exact) mass is 410 g/mol. The zero-order chi connectivity index (χ0) is 21.0. The summed E-state index contributed by atoms with van der Waals surface area (Å²) in [5.41, 5.74) is 4.90. The summed E-state index contributed by atoms with van der Waals surface area (Å²) in [6.45, 7) is 3.05. The van der Waals surface area contributed by atoms with Gasteiger partial charge in [-0.15, -0.1) is 0 Å². The Kier molecular flexibility index (Phi) is 5.59. The normalized spacial score (nSPS) is 17.1. The number of piperidine rings is 1. The van der Waals surface area contributed by atoms with Crippen LogP contribution in [0.3, 0.4) is 0 Å². The summed E-state index contributed by atoms with van der Waals surface area (Å²) in [7, 11) is 0. The van der Waals surface area contributed by atoms with Crippen molar-refractivity contribution in [3.63, 3.8) is 0 Å². The molecule has 5 nitrogen and oxygen atoms in total. The van der Waals surface area contributed by atoms with Crippen LogP contribution < -0.4 is 0 Å². The lowest BCUT2D eigenvalue weighted by Gasteiger charge is -2.32. The molecule has 0 unspecified atom stereocenters. The van der Waals surface area contributed by atoms with Crippen LogP contribution in [-0.2, 0) is 6.54 Å². The number of hydrogen-bond donors (Lipinski definition) is 1. The first-order valence-electron chi connectivity index (χ1n) is 10.9. The number of Topliss-reactive ketones (excluding diaryl/α,β-unsaturated/α-hetero) is 1. The van der Waals surface area contributed by atoms with Gasteiger partial charge in [-0.05, 0) is 61.2 Å². The molecule has 1 atom stereocenters. The maximum absolute atomic E-state index is 13.1. The van der Waals surface area contributed by atoms with E-state index in [4.69, 9.17) is 0 Å². The van der Waals surface area contributed by atoms with Gasteiger partial charge in [-0.1, -0.05) is 30.3 Å². The van der Waals surface area contributed by atoms with Gasteiger partial charge in [0.2, 0.25) is 0 Å². The lowest BCUT2D eigenvalue weighted by atomic mass is 9.90. The Labute approximate surface area is 182 Å². The van der Waals surface area contributed by atoms with Crippen molar-refractivity contribution in [3.05, 3.63) is 84.2 Å². The number of aromatic nitrogens is 3. The van der Waals surface area contributed by atoms with Crippen LogP contribution in [-0.4, -0.2) is 39.0 Å². The third kappa shape index (κ3) is 4.42. The third-order valence-electron chi connectivity index (χ3n) is 6.16. The Bertz CT molecular complexity index is 1170. The topological polar surface area (TPSA) is 61.9 Å². The summed E-state index contributed by atoms with van der Waals surface area (Å²) in [5, 5.41) is 8.51. The van der Waals surface area contributed by atoms with Crippen LogP contribution in [0.25, 0.3) is 22.2 Å². The third-order valence-corrected chi connectivity index (χ3v) is 6.16. The SMILES string of the molecule is O=C(C[C@H]1CCCN(Cc2ccccc2)C1)c1ccc2[nH]nc(-c3ccncc3)c2c1. The summed E-state index contributed by atoms with van der Waals surface area (Å²) in [6.07, 6.45) is 6.38. The molecule has 5 rings (SSSR count). The number of carbonyl (C=O) groups excluding carboxylic acids is 1. The average Bonchev–Trinajstić information content (AvgIpc) is 3.24. The number of pyridine rings is 1. The Morgan fingerprint density at radius 2 is 1.90 bits per heavy atom. The van der Waals surface area contributed by atoms with E-state index in [1.54, 1.807) is 12.4 Å². The molecule has 1 saturated heterocycles. The van der Waals surface area contributed by atoms with Gasteiger partial charge >= 0.3 is 0 Å². The van der Waals surface area contributed by atoms with Gasteiger partial charge in [0.15, 0.2) is 5.78 Å². The molecule has 0 aliphatic carbocycles. The van der Waals surface area contributed by atoms with E-state index >= 15 is 0 Å². The highest BCUT2D eigenvalue weighted by Gasteiger charge is 2.23. The van der Waals surface area contributed by atoms with Crippen molar-refractivity contribution in [2.45, 2.75) is 25.8 Å². The van der Waals surface area contributed by atoms with Gasteiger partial charge in [-0.3, -0.25) is 19.8 Å². The molecule has 156 valence electrons. The molecule has 0 saturated carbocycles. The molecule has 31 heavy (non-hydrogen) atoms. The fraction of sp³-hybridized carbons (Fsp3) is 0.269. The maximum atomic E-state index is 13.1. The quantitative estimate of drug-likeness (QED) is 0.449. The number of carbonyl (C=O) groups is 1. The Hall–Kier alpha value is -3.31. The number of likely N-dealkylation sites (tertiary alicyclic amines) is 1. The number of H-pyrrole nitrogens is 1. The fourth-order valence-corrected chi connectivity index (χ4v) is 4.60. The molecule has 1 aliphatic rings. The van der Waals surface area contributed by atoms with E-state index in [-0.39, 0.29) is 5.78 Å². The van der Waals surface area contributed by atoms with Crippen molar-refractivity contribution in [1.82, 2.24) is 20.1 Å². The van der Waals surface area contributed by atoms with Crippen molar-refractivity contribution >= 4 is 16.7 Å². The van der Waals surface area contributed by atoms with Gasteiger partial charge in [-0.2, -0.15) is 5.10 Å². The van der Waals surface area contributed by atoms with Crippen molar-refractivity contribution in [1.29, 1.82) is 0 Å². The lowest BCUT2D eigenvalue weighted by Crippen LogP contribution is -2.35. The zero-order valence-corrected chi connectivity index (χ0v) is 17.5. The minimum absolute atomic E-state index is 0.218. The minimum atomic E-state index is 0.218. The smallest absolute Gasteiger partial charge is 0.163 e.